The van der Waals surface area contributed by atoms with Crippen molar-refractivity contribution in [2.45, 2.75) is 69.7 Å². The van der Waals surface area contributed by atoms with Crippen LogP contribution in [0.4, 0.5) is 8.78 Å². The lowest BCUT2D eigenvalue weighted by Crippen LogP contribution is -2.53. The van der Waals surface area contributed by atoms with Crippen molar-refractivity contribution >= 4 is 23.4 Å². The number of amides is 2. The van der Waals surface area contributed by atoms with Crippen LogP contribution in [-0.2, 0) is 27.2 Å². The largest absolute Gasteiger partial charge is 0.389 e. The van der Waals surface area contributed by atoms with Crippen molar-refractivity contribution in [3.63, 3.8) is 0 Å². The predicted molar refractivity (Wildman–Crippen MR) is 149 cm³/mol. The standard InChI is InChI=1S/C30H38ClF2N3O4/c1-2-3-10-40-25-16-26(34-17-25)29(38)27(13-20-11-23(32)15-24(33)12-20)35-30(39)21-14-28(37)36(18-21)9-8-19-4-6-22(31)7-5-19/h4-7,11-12,15,21,25-27,29,34,38H,2-3,8-10,13-14,16-18H2,1H3,(H,35,39)/t21?,25-,26-,27+,29-/m1/s1. The zero-order chi connectivity index (χ0) is 28.6. The van der Waals surface area contributed by atoms with Gasteiger partial charge in [-0.3, -0.25) is 9.59 Å². The van der Waals surface area contributed by atoms with Crippen LogP contribution in [0.25, 0.3) is 0 Å². The maximum absolute atomic E-state index is 13.9. The molecule has 0 bridgehead atoms. The first-order valence-corrected chi connectivity index (χ1v) is 14.4. The van der Waals surface area contributed by atoms with Crippen LogP contribution in [0.5, 0.6) is 0 Å². The van der Waals surface area contributed by atoms with Crippen molar-refractivity contribution in [1.29, 1.82) is 0 Å². The van der Waals surface area contributed by atoms with Crippen molar-refractivity contribution < 1.29 is 28.2 Å². The second-order valence-electron chi connectivity index (χ2n) is 10.8. The second-order valence-corrected chi connectivity index (χ2v) is 11.2. The van der Waals surface area contributed by atoms with Crippen LogP contribution >= 0.6 is 11.6 Å². The molecule has 2 fully saturated rings. The van der Waals surface area contributed by atoms with Crippen molar-refractivity contribution in [3.05, 3.63) is 70.2 Å². The van der Waals surface area contributed by atoms with Crippen LogP contribution in [0.3, 0.4) is 0 Å². The lowest BCUT2D eigenvalue weighted by molar-refractivity contribution is -0.129. The molecule has 0 saturated carbocycles. The Hall–Kier alpha value is -2.59. The van der Waals surface area contributed by atoms with Gasteiger partial charge in [0.2, 0.25) is 11.8 Å². The highest BCUT2D eigenvalue weighted by Crippen LogP contribution is 2.22. The molecule has 2 aliphatic heterocycles. The number of ether oxygens (including phenoxy) is 1. The lowest BCUT2D eigenvalue weighted by atomic mass is 9.94. The first-order valence-electron chi connectivity index (χ1n) is 14.0. The summed E-state index contributed by atoms with van der Waals surface area (Å²) in [6.07, 6.45) is 2.16. The maximum atomic E-state index is 13.9. The maximum Gasteiger partial charge on any atom is 0.225 e. The Bertz CT molecular complexity index is 1130. The molecule has 4 rings (SSSR count). The zero-order valence-electron chi connectivity index (χ0n) is 22.8. The van der Waals surface area contributed by atoms with Crippen LogP contribution in [0.1, 0.15) is 43.7 Å². The van der Waals surface area contributed by atoms with Gasteiger partial charge in [0.1, 0.15) is 11.6 Å². The van der Waals surface area contributed by atoms with Gasteiger partial charge in [0.25, 0.3) is 0 Å². The van der Waals surface area contributed by atoms with Gasteiger partial charge in [-0.1, -0.05) is 37.1 Å². The number of unbranched alkanes of at least 4 members (excludes halogenated alkanes) is 1. The van der Waals surface area contributed by atoms with E-state index in [4.69, 9.17) is 16.3 Å². The van der Waals surface area contributed by atoms with Crippen molar-refractivity contribution in [2.75, 3.05) is 26.2 Å². The van der Waals surface area contributed by atoms with Crippen molar-refractivity contribution in [1.82, 2.24) is 15.5 Å². The van der Waals surface area contributed by atoms with Crippen LogP contribution < -0.4 is 10.6 Å². The normalized spacial score (nSPS) is 22.5. The van der Waals surface area contributed by atoms with Gasteiger partial charge in [-0.25, -0.2) is 8.78 Å². The number of likely N-dealkylation sites (tertiary alicyclic amines) is 1. The van der Waals surface area contributed by atoms with E-state index in [-0.39, 0.29) is 43.3 Å². The number of nitrogens with one attached hydrogen (secondary N) is 2. The number of carbonyl (C=O) groups excluding carboxylic acids is 2. The summed E-state index contributed by atoms with van der Waals surface area (Å²) in [5, 5.41) is 18.1. The Kier molecular flexibility index (Phi) is 10.9. The number of aliphatic hydroxyl groups excluding tert-OH is 1. The summed E-state index contributed by atoms with van der Waals surface area (Å²) in [7, 11) is 0. The van der Waals surface area contributed by atoms with Gasteiger partial charge in [0.05, 0.1) is 24.2 Å². The number of rotatable bonds is 13. The Balaban J connectivity index is 1.39. The Morgan fingerprint density at radius 1 is 1.20 bits per heavy atom. The summed E-state index contributed by atoms with van der Waals surface area (Å²) in [6, 6.07) is 9.41. The number of benzene rings is 2. The zero-order valence-corrected chi connectivity index (χ0v) is 23.5. The molecular weight excluding hydrogens is 540 g/mol. The van der Waals surface area contributed by atoms with E-state index >= 15 is 0 Å². The smallest absolute Gasteiger partial charge is 0.225 e. The SMILES string of the molecule is CCCCO[C@H]1CN[C@@H]([C@@H](O)[C@H](Cc2cc(F)cc(F)c2)NC(=O)C2CC(=O)N(CCc3ccc(Cl)cc3)C2)C1. The van der Waals surface area contributed by atoms with E-state index in [0.717, 1.165) is 24.5 Å². The average Bonchev–Trinajstić information content (AvgIpc) is 3.54. The van der Waals surface area contributed by atoms with E-state index < -0.39 is 29.7 Å². The molecule has 2 aromatic carbocycles. The van der Waals surface area contributed by atoms with Crippen LogP contribution in [0.2, 0.25) is 5.02 Å². The van der Waals surface area contributed by atoms with E-state index in [9.17, 15) is 23.5 Å². The first kappa shape index (κ1) is 30.4. The molecule has 0 radical (unpaired) electrons. The van der Waals surface area contributed by atoms with Crippen LogP contribution in [0.15, 0.2) is 42.5 Å². The lowest BCUT2D eigenvalue weighted by Gasteiger charge is -2.29. The molecule has 40 heavy (non-hydrogen) atoms. The molecule has 5 atom stereocenters. The highest BCUT2D eigenvalue weighted by atomic mass is 35.5. The highest BCUT2D eigenvalue weighted by molar-refractivity contribution is 6.30. The number of nitrogens with zero attached hydrogens (tertiary/aromatic N) is 1. The molecule has 2 aliphatic rings. The molecule has 1 unspecified atom stereocenters. The number of carbonyl (C=O) groups is 2. The van der Waals surface area contributed by atoms with Gasteiger partial charge < -0.3 is 25.4 Å². The van der Waals surface area contributed by atoms with Gasteiger partial charge in [0.15, 0.2) is 0 Å². The molecule has 2 saturated heterocycles. The fourth-order valence-corrected chi connectivity index (χ4v) is 5.54. The number of hydrogen-bond donors (Lipinski definition) is 3. The summed E-state index contributed by atoms with van der Waals surface area (Å²) in [6.45, 7) is 4.04. The van der Waals surface area contributed by atoms with Gasteiger partial charge in [0, 0.05) is 49.8 Å². The molecule has 7 nitrogen and oxygen atoms in total. The summed E-state index contributed by atoms with van der Waals surface area (Å²) in [4.78, 5) is 27.7. The molecule has 2 aromatic rings. The van der Waals surface area contributed by atoms with Crippen molar-refractivity contribution in [3.8, 4) is 0 Å². The Labute approximate surface area is 239 Å². The minimum absolute atomic E-state index is 0.0298. The van der Waals surface area contributed by atoms with E-state index in [0.29, 0.717) is 43.1 Å². The fraction of sp³-hybridized carbons (Fsp3) is 0.533. The molecule has 2 heterocycles. The summed E-state index contributed by atoms with van der Waals surface area (Å²) in [5.41, 5.74) is 1.36. The Morgan fingerprint density at radius 3 is 2.62 bits per heavy atom. The third kappa shape index (κ3) is 8.46. The second kappa shape index (κ2) is 14.3. The van der Waals surface area contributed by atoms with E-state index in [1.807, 2.05) is 12.1 Å². The molecule has 10 heteroatoms. The van der Waals surface area contributed by atoms with Crippen LogP contribution in [-0.4, -0.2) is 72.4 Å². The highest BCUT2D eigenvalue weighted by Gasteiger charge is 2.39. The topological polar surface area (TPSA) is 90.9 Å². The quantitative estimate of drug-likeness (QED) is 0.316. The average molecular weight is 578 g/mol. The van der Waals surface area contributed by atoms with E-state index in [1.54, 1.807) is 17.0 Å². The minimum atomic E-state index is -1.03. The molecule has 218 valence electrons. The summed E-state index contributed by atoms with van der Waals surface area (Å²) >= 11 is 5.95. The molecule has 2 amide bonds. The van der Waals surface area contributed by atoms with Crippen LogP contribution in [0, 0.1) is 17.6 Å². The molecule has 0 aliphatic carbocycles. The molecule has 3 N–H and O–H groups in total. The fourth-order valence-electron chi connectivity index (χ4n) is 5.41. The van der Waals surface area contributed by atoms with Crippen molar-refractivity contribution in [2.24, 2.45) is 5.92 Å². The van der Waals surface area contributed by atoms with E-state index in [2.05, 4.69) is 17.6 Å². The first-order chi connectivity index (χ1) is 19.2. The monoisotopic (exact) mass is 577 g/mol. The molecule has 0 spiro atoms. The van der Waals surface area contributed by atoms with Gasteiger partial charge >= 0.3 is 0 Å². The minimum Gasteiger partial charge on any atom is -0.389 e. The third-order valence-electron chi connectivity index (χ3n) is 7.68. The third-order valence-corrected chi connectivity index (χ3v) is 7.93. The summed E-state index contributed by atoms with van der Waals surface area (Å²) < 4.78 is 33.7. The van der Waals surface area contributed by atoms with Gasteiger partial charge in [-0.2, -0.15) is 0 Å². The summed E-state index contributed by atoms with van der Waals surface area (Å²) in [5.74, 6) is -2.51. The molecular formula is C30H38ClF2N3O4. The number of hydrogen-bond acceptors (Lipinski definition) is 5. The number of halogens is 3. The Morgan fingerprint density at radius 2 is 1.93 bits per heavy atom. The van der Waals surface area contributed by atoms with Gasteiger partial charge in [-0.05, 0) is 61.1 Å². The predicted octanol–water partition coefficient (Wildman–Crippen LogP) is 3.64. The number of aliphatic hydroxyl groups is 1. The van der Waals surface area contributed by atoms with E-state index in [1.165, 1.54) is 12.1 Å². The molecule has 0 aromatic heterocycles. The van der Waals surface area contributed by atoms with Gasteiger partial charge in [-0.15, -0.1) is 0 Å².